The van der Waals surface area contributed by atoms with Crippen LogP contribution in [0.5, 0.6) is 5.75 Å². The fraction of sp³-hybridized carbons (Fsp3) is 0.435. The van der Waals surface area contributed by atoms with Gasteiger partial charge in [0.1, 0.15) is 18.2 Å². The van der Waals surface area contributed by atoms with E-state index in [9.17, 15) is 17.6 Å². The van der Waals surface area contributed by atoms with Crippen molar-refractivity contribution in [2.24, 2.45) is 5.92 Å². The van der Waals surface area contributed by atoms with Gasteiger partial charge in [-0.1, -0.05) is 29.8 Å². The molecule has 1 unspecified atom stereocenters. The minimum atomic E-state index is -3.50. The monoisotopic (exact) mass is 448 g/mol. The van der Waals surface area contributed by atoms with Gasteiger partial charge in [-0.3, -0.25) is 4.79 Å². The van der Waals surface area contributed by atoms with Crippen LogP contribution < -0.4 is 10.1 Å². The third-order valence-corrected chi connectivity index (χ3v) is 7.24. The number of sulfonamides is 1. The van der Waals surface area contributed by atoms with Crippen LogP contribution in [0.3, 0.4) is 0 Å². The van der Waals surface area contributed by atoms with E-state index in [2.05, 4.69) is 5.32 Å². The zero-order valence-corrected chi connectivity index (χ0v) is 18.7. The third kappa shape index (κ3) is 6.77. The molecule has 3 rings (SSSR count). The minimum Gasteiger partial charge on any atom is -0.491 e. The molecule has 6 nitrogen and oxygen atoms in total. The number of rotatable bonds is 8. The SMILES string of the molecule is Cc1ccc(OCC(C)NC(=O)C2CCN(S(=O)(=O)Cc3ccc(F)cc3)CC2)cc1. The Morgan fingerprint density at radius 1 is 1.13 bits per heavy atom. The summed E-state index contributed by atoms with van der Waals surface area (Å²) in [7, 11) is -3.50. The summed E-state index contributed by atoms with van der Waals surface area (Å²) in [4.78, 5) is 12.6. The molecule has 0 bridgehead atoms. The molecular weight excluding hydrogens is 419 g/mol. The summed E-state index contributed by atoms with van der Waals surface area (Å²) in [5.41, 5.74) is 1.70. The van der Waals surface area contributed by atoms with Gasteiger partial charge < -0.3 is 10.1 Å². The topological polar surface area (TPSA) is 75.7 Å². The number of carbonyl (C=O) groups excluding carboxylic acids is 1. The molecule has 1 aliphatic rings. The molecule has 168 valence electrons. The fourth-order valence-electron chi connectivity index (χ4n) is 3.54. The van der Waals surface area contributed by atoms with E-state index in [0.717, 1.165) is 11.3 Å². The molecule has 1 N–H and O–H groups in total. The van der Waals surface area contributed by atoms with Crippen LogP contribution in [0.2, 0.25) is 0 Å². The number of hydrogen-bond acceptors (Lipinski definition) is 4. The molecule has 1 heterocycles. The van der Waals surface area contributed by atoms with Crippen molar-refractivity contribution in [1.82, 2.24) is 9.62 Å². The van der Waals surface area contributed by atoms with E-state index in [1.165, 1.54) is 28.6 Å². The summed E-state index contributed by atoms with van der Waals surface area (Å²) in [5.74, 6) is -0.107. The van der Waals surface area contributed by atoms with Gasteiger partial charge in [0.05, 0.1) is 11.8 Å². The van der Waals surface area contributed by atoms with E-state index < -0.39 is 15.8 Å². The van der Waals surface area contributed by atoms with Crippen molar-refractivity contribution in [3.8, 4) is 5.75 Å². The molecule has 0 saturated carbocycles. The van der Waals surface area contributed by atoms with Gasteiger partial charge in [0, 0.05) is 19.0 Å². The second-order valence-corrected chi connectivity index (χ2v) is 10.1. The van der Waals surface area contributed by atoms with Gasteiger partial charge in [-0.2, -0.15) is 0 Å². The molecule has 0 radical (unpaired) electrons. The summed E-state index contributed by atoms with van der Waals surface area (Å²) in [5, 5.41) is 2.96. The van der Waals surface area contributed by atoms with E-state index in [4.69, 9.17) is 4.74 Å². The van der Waals surface area contributed by atoms with Crippen molar-refractivity contribution >= 4 is 15.9 Å². The summed E-state index contributed by atoms with van der Waals surface area (Å²) >= 11 is 0. The minimum absolute atomic E-state index is 0.0735. The molecule has 2 aromatic carbocycles. The second-order valence-electron chi connectivity index (χ2n) is 8.09. The summed E-state index contributed by atoms with van der Waals surface area (Å²) < 4.78 is 45.5. The van der Waals surface area contributed by atoms with Crippen molar-refractivity contribution in [3.05, 3.63) is 65.5 Å². The van der Waals surface area contributed by atoms with Crippen LogP contribution in [0.4, 0.5) is 4.39 Å². The molecule has 31 heavy (non-hydrogen) atoms. The molecule has 1 aliphatic heterocycles. The third-order valence-electron chi connectivity index (χ3n) is 5.39. The van der Waals surface area contributed by atoms with Gasteiger partial charge in [-0.25, -0.2) is 17.1 Å². The maximum Gasteiger partial charge on any atom is 0.223 e. The lowest BCUT2D eigenvalue weighted by Gasteiger charge is -2.31. The van der Waals surface area contributed by atoms with Gasteiger partial charge in [0.2, 0.25) is 15.9 Å². The zero-order chi connectivity index (χ0) is 22.4. The lowest BCUT2D eigenvalue weighted by Crippen LogP contribution is -2.46. The Labute approximate surface area is 183 Å². The largest absolute Gasteiger partial charge is 0.491 e. The highest BCUT2D eigenvalue weighted by molar-refractivity contribution is 7.88. The average molecular weight is 449 g/mol. The molecule has 1 amide bonds. The number of ether oxygens (including phenoxy) is 1. The van der Waals surface area contributed by atoms with Gasteiger partial charge in [-0.15, -0.1) is 0 Å². The molecule has 0 aliphatic carbocycles. The lowest BCUT2D eigenvalue weighted by atomic mass is 9.97. The van der Waals surface area contributed by atoms with Gasteiger partial charge in [0.25, 0.3) is 0 Å². The van der Waals surface area contributed by atoms with E-state index >= 15 is 0 Å². The first-order valence-corrected chi connectivity index (χ1v) is 12.1. The molecule has 0 aromatic heterocycles. The maximum atomic E-state index is 13.0. The Balaban J connectivity index is 1.44. The number of aryl methyl sites for hydroxylation is 1. The molecular formula is C23H29FN2O4S. The number of nitrogens with zero attached hydrogens (tertiary/aromatic N) is 1. The summed E-state index contributed by atoms with van der Waals surface area (Å²) in [6, 6.07) is 13.0. The molecule has 1 saturated heterocycles. The number of nitrogens with one attached hydrogen (secondary N) is 1. The van der Waals surface area contributed by atoms with E-state index in [1.807, 2.05) is 38.1 Å². The fourth-order valence-corrected chi connectivity index (χ4v) is 5.10. The first-order chi connectivity index (χ1) is 14.7. The van der Waals surface area contributed by atoms with Crippen LogP contribution in [0.1, 0.15) is 30.9 Å². The van der Waals surface area contributed by atoms with Crippen molar-refractivity contribution in [2.45, 2.75) is 38.5 Å². The molecule has 1 fully saturated rings. The quantitative estimate of drug-likeness (QED) is 0.673. The van der Waals surface area contributed by atoms with Crippen molar-refractivity contribution in [2.75, 3.05) is 19.7 Å². The first-order valence-electron chi connectivity index (χ1n) is 10.4. The smallest absolute Gasteiger partial charge is 0.223 e. The standard InChI is InChI=1S/C23H29FN2O4S/c1-17-3-9-22(10-4-17)30-15-18(2)25-23(27)20-11-13-26(14-12-20)31(28,29)16-19-5-7-21(24)8-6-19/h3-10,18,20H,11-16H2,1-2H3,(H,25,27). The van der Waals surface area contributed by atoms with Gasteiger partial charge in [-0.05, 0) is 56.5 Å². The predicted molar refractivity (Wildman–Crippen MR) is 118 cm³/mol. The maximum absolute atomic E-state index is 13.0. The first kappa shape index (κ1) is 23.2. The number of halogens is 1. The molecule has 2 aromatic rings. The molecule has 1 atom stereocenters. The Kier molecular flexibility index (Phi) is 7.67. The Morgan fingerprint density at radius 3 is 2.35 bits per heavy atom. The normalized spacial score (nSPS) is 16.6. The van der Waals surface area contributed by atoms with Crippen molar-refractivity contribution in [3.63, 3.8) is 0 Å². The van der Waals surface area contributed by atoms with Crippen LogP contribution in [-0.2, 0) is 20.6 Å². The number of benzene rings is 2. The lowest BCUT2D eigenvalue weighted by molar-refractivity contribution is -0.126. The number of carbonyl (C=O) groups is 1. The highest BCUT2D eigenvalue weighted by Crippen LogP contribution is 2.22. The molecule has 8 heteroatoms. The average Bonchev–Trinajstić information content (AvgIpc) is 2.75. The second kappa shape index (κ2) is 10.2. The number of amides is 1. The highest BCUT2D eigenvalue weighted by atomic mass is 32.2. The summed E-state index contributed by atoms with van der Waals surface area (Å²) in [6.45, 7) is 4.85. The van der Waals surface area contributed by atoms with Crippen LogP contribution in [-0.4, -0.2) is 44.4 Å². The zero-order valence-electron chi connectivity index (χ0n) is 17.9. The predicted octanol–water partition coefficient (Wildman–Crippen LogP) is 3.26. The van der Waals surface area contributed by atoms with Crippen LogP contribution in [0, 0.1) is 18.7 Å². The van der Waals surface area contributed by atoms with E-state index in [0.29, 0.717) is 38.1 Å². The van der Waals surface area contributed by atoms with Gasteiger partial charge in [0.15, 0.2) is 0 Å². The number of hydrogen-bond donors (Lipinski definition) is 1. The highest BCUT2D eigenvalue weighted by Gasteiger charge is 2.31. The van der Waals surface area contributed by atoms with Crippen LogP contribution in [0.15, 0.2) is 48.5 Å². The van der Waals surface area contributed by atoms with Gasteiger partial charge >= 0.3 is 0 Å². The van der Waals surface area contributed by atoms with E-state index in [-0.39, 0.29) is 23.6 Å². The van der Waals surface area contributed by atoms with Crippen LogP contribution >= 0.6 is 0 Å². The van der Waals surface area contributed by atoms with E-state index in [1.54, 1.807) is 0 Å². The van der Waals surface area contributed by atoms with Crippen molar-refractivity contribution in [1.29, 1.82) is 0 Å². The summed E-state index contributed by atoms with van der Waals surface area (Å²) in [6.07, 6.45) is 0.944. The molecule has 0 spiro atoms. The van der Waals surface area contributed by atoms with Crippen LogP contribution in [0.25, 0.3) is 0 Å². The Hall–Kier alpha value is -2.45. The Bertz CT molecular complexity index is 970. The van der Waals surface area contributed by atoms with Crippen molar-refractivity contribution < 1.29 is 22.3 Å². The number of piperidine rings is 1. The Morgan fingerprint density at radius 2 is 1.74 bits per heavy atom.